The number of benzene rings is 2. The predicted molar refractivity (Wildman–Crippen MR) is 125 cm³/mol. The SMILES string of the molecule is CN(O)C(=O)N1N=C(c2cc(F)ccc2F)SC1(CCCNC1C=CCC1)c1ccccc1. The Balaban J connectivity index is 1.68. The number of amides is 2. The number of hydrazone groups is 1. The first-order valence-electron chi connectivity index (χ1n) is 10.9. The molecule has 2 aromatic rings. The smallest absolute Gasteiger partial charge is 0.311 e. The molecule has 0 fully saturated rings. The van der Waals surface area contributed by atoms with E-state index in [1.54, 1.807) is 0 Å². The first-order valence-corrected chi connectivity index (χ1v) is 11.7. The van der Waals surface area contributed by atoms with Crippen LogP contribution in [0.1, 0.15) is 36.8 Å². The minimum absolute atomic E-state index is 0.0228. The van der Waals surface area contributed by atoms with E-state index in [4.69, 9.17) is 0 Å². The van der Waals surface area contributed by atoms with Crippen LogP contribution in [0.5, 0.6) is 0 Å². The number of carbonyl (C=O) groups excluding carboxylic acids is 1. The van der Waals surface area contributed by atoms with Crippen molar-refractivity contribution < 1.29 is 18.8 Å². The normalized spacial score (nSPS) is 22.0. The Morgan fingerprint density at radius 2 is 2.09 bits per heavy atom. The standard InChI is InChI=1S/C24H26F2N4O2S/c1-29(32)23(31)30-24(17-8-3-2-4-9-17,14-7-15-27-19-10-5-6-11-19)33-22(28-30)20-16-18(25)12-13-21(20)26/h2-5,8-10,12-13,16,19,27,32H,6-7,11,14-15H2,1H3. The van der Waals surface area contributed by atoms with Crippen molar-refractivity contribution in [2.24, 2.45) is 5.10 Å². The van der Waals surface area contributed by atoms with Gasteiger partial charge in [0.1, 0.15) is 21.5 Å². The number of nitrogens with zero attached hydrogens (tertiary/aromatic N) is 3. The number of halogens is 2. The van der Waals surface area contributed by atoms with E-state index in [9.17, 15) is 18.8 Å². The second kappa shape index (κ2) is 10.0. The van der Waals surface area contributed by atoms with Crippen molar-refractivity contribution in [1.82, 2.24) is 15.4 Å². The van der Waals surface area contributed by atoms with E-state index < -0.39 is 22.5 Å². The number of thioether (sulfide) groups is 1. The molecule has 4 rings (SSSR count). The van der Waals surface area contributed by atoms with Crippen molar-refractivity contribution in [1.29, 1.82) is 0 Å². The monoisotopic (exact) mass is 472 g/mol. The van der Waals surface area contributed by atoms with Gasteiger partial charge in [0.2, 0.25) is 0 Å². The van der Waals surface area contributed by atoms with Crippen molar-refractivity contribution in [2.45, 2.75) is 36.6 Å². The minimum atomic E-state index is -1.03. The number of hydroxylamine groups is 2. The third kappa shape index (κ3) is 4.95. The number of hydrogen-bond acceptors (Lipinski definition) is 5. The molecule has 2 N–H and O–H groups in total. The average Bonchev–Trinajstić information content (AvgIpc) is 3.47. The molecule has 0 radical (unpaired) electrons. The molecular formula is C24H26F2N4O2S. The van der Waals surface area contributed by atoms with E-state index in [0.717, 1.165) is 36.6 Å². The largest absolute Gasteiger partial charge is 0.365 e. The number of carbonyl (C=O) groups is 1. The van der Waals surface area contributed by atoms with Crippen molar-refractivity contribution in [3.8, 4) is 0 Å². The summed E-state index contributed by atoms with van der Waals surface area (Å²) in [4.78, 5) is 12.0. The Bertz CT molecular complexity index is 1060. The van der Waals surface area contributed by atoms with Crippen LogP contribution in [-0.2, 0) is 4.87 Å². The van der Waals surface area contributed by atoms with Crippen LogP contribution in [0.4, 0.5) is 13.6 Å². The van der Waals surface area contributed by atoms with Gasteiger partial charge in [-0.2, -0.15) is 10.1 Å². The van der Waals surface area contributed by atoms with E-state index in [1.165, 1.54) is 23.8 Å². The van der Waals surface area contributed by atoms with E-state index in [2.05, 4.69) is 22.6 Å². The van der Waals surface area contributed by atoms with Gasteiger partial charge < -0.3 is 5.32 Å². The van der Waals surface area contributed by atoms with Crippen LogP contribution < -0.4 is 5.32 Å². The number of urea groups is 1. The Morgan fingerprint density at radius 1 is 1.30 bits per heavy atom. The molecule has 0 saturated heterocycles. The molecule has 33 heavy (non-hydrogen) atoms. The molecule has 2 aromatic carbocycles. The summed E-state index contributed by atoms with van der Waals surface area (Å²) < 4.78 is 28.5. The molecule has 2 unspecified atom stereocenters. The van der Waals surface area contributed by atoms with Gasteiger partial charge in [0.25, 0.3) is 0 Å². The lowest BCUT2D eigenvalue weighted by atomic mass is 10.00. The van der Waals surface area contributed by atoms with E-state index in [0.29, 0.717) is 30.5 Å². The third-order valence-electron chi connectivity index (χ3n) is 5.75. The molecular weight excluding hydrogens is 446 g/mol. The predicted octanol–water partition coefficient (Wildman–Crippen LogP) is 5.06. The molecule has 2 aliphatic rings. The number of nitrogens with one attached hydrogen (secondary N) is 1. The topological polar surface area (TPSA) is 68.2 Å². The summed E-state index contributed by atoms with van der Waals surface area (Å²) >= 11 is 1.19. The maximum atomic E-state index is 14.6. The van der Waals surface area contributed by atoms with Crippen molar-refractivity contribution >= 4 is 22.8 Å². The highest BCUT2D eigenvalue weighted by Crippen LogP contribution is 2.50. The van der Waals surface area contributed by atoms with E-state index in [-0.39, 0.29) is 10.6 Å². The Hall–Kier alpha value is -2.75. The summed E-state index contributed by atoms with van der Waals surface area (Å²) in [7, 11) is 1.22. The zero-order valence-electron chi connectivity index (χ0n) is 18.2. The van der Waals surface area contributed by atoms with Gasteiger partial charge in [0.15, 0.2) is 0 Å². The second-order valence-electron chi connectivity index (χ2n) is 8.07. The molecule has 1 aliphatic heterocycles. The Labute approximate surface area is 195 Å². The molecule has 0 bridgehead atoms. The molecule has 2 atom stereocenters. The van der Waals surface area contributed by atoms with E-state index >= 15 is 0 Å². The lowest BCUT2D eigenvalue weighted by molar-refractivity contribution is -0.0404. The molecule has 2 amide bonds. The molecule has 0 spiro atoms. The van der Waals surface area contributed by atoms with Crippen LogP contribution >= 0.6 is 11.8 Å². The van der Waals surface area contributed by atoms with Gasteiger partial charge in [-0.05, 0) is 56.0 Å². The van der Waals surface area contributed by atoms with E-state index in [1.807, 2.05) is 30.3 Å². The summed E-state index contributed by atoms with van der Waals surface area (Å²) in [6.45, 7) is 0.713. The second-order valence-corrected chi connectivity index (χ2v) is 9.34. The Kier molecular flexibility index (Phi) is 7.11. The van der Waals surface area contributed by atoms with Gasteiger partial charge in [-0.3, -0.25) is 5.21 Å². The van der Waals surface area contributed by atoms with Gasteiger partial charge in [-0.25, -0.2) is 18.6 Å². The third-order valence-corrected chi connectivity index (χ3v) is 7.20. The Morgan fingerprint density at radius 3 is 2.79 bits per heavy atom. The first kappa shape index (κ1) is 23.4. The maximum absolute atomic E-state index is 14.6. The van der Waals surface area contributed by atoms with Crippen molar-refractivity contribution in [2.75, 3.05) is 13.6 Å². The lowest BCUT2D eigenvalue weighted by Gasteiger charge is -2.36. The zero-order chi connectivity index (χ0) is 23.4. The molecule has 1 aliphatic carbocycles. The number of hydrogen-bond donors (Lipinski definition) is 2. The summed E-state index contributed by atoms with van der Waals surface area (Å²) in [5, 5.41) is 19.6. The first-order chi connectivity index (χ1) is 15.9. The summed E-state index contributed by atoms with van der Waals surface area (Å²) in [5.74, 6) is -1.23. The van der Waals surface area contributed by atoms with Crippen LogP contribution in [0, 0.1) is 11.6 Å². The number of rotatable bonds is 7. The van der Waals surface area contributed by atoms with Crippen molar-refractivity contribution in [3.63, 3.8) is 0 Å². The van der Waals surface area contributed by atoms with Crippen LogP contribution in [0.25, 0.3) is 0 Å². The average molecular weight is 473 g/mol. The molecule has 0 saturated carbocycles. The highest BCUT2D eigenvalue weighted by molar-refractivity contribution is 8.15. The van der Waals surface area contributed by atoms with Crippen LogP contribution in [0.2, 0.25) is 0 Å². The fourth-order valence-corrected chi connectivity index (χ4v) is 5.51. The van der Waals surface area contributed by atoms with Gasteiger partial charge in [0, 0.05) is 18.7 Å². The quantitative estimate of drug-likeness (QED) is 0.256. The zero-order valence-corrected chi connectivity index (χ0v) is 19.1. The highest BCUT2D eigenvalue weighted by Gasteiger charge is 2.49. The number of allylic oxidation sites excluding steroid dienone is 1. The maximum Gasteiger partial charge on any atom is 0.365 e. The summed E-state index contributed by atoms with van der Waals surface area (Å²) in [5.41, 5.74) is 0.756. The van der Waals surface area contributed by atoms with Gasteiger partial charge in [-0.15, -0.1) is 0 Å². The summed E-state index contributed by atoms with van der Waals surface area (Å²) in [6, 6.07) is 12.0. The fraction of sp³-hybridized carbons (Fsp3) is 0.333. The molecule has 174 valence electrons. The highest BCUT2D eigenvalue weighted by atomic mass is 32.2. The van der Waals surface area contributed by atoms with Crippen LogP contribution in [0.15, 0.2) is 65.8 Å². The van der Waals surface area contributed by atoms with Gasteiger partial charge >= 0.3 is 6.03 Å². The van der Waals surface area contributed by atoms with Gasteiger partial charge in [0.05, 0.1) is 0 Å². The van der Waals surface area contributed by atoms with Gasteiger partial charge in [-0.1, -0.05) is 54.2 Å². The minimum Gasteiger partial charge on any atom is -0.311 e. The molecule has 6 nitrogen and oxygen atoms in total. The fourth-order valence-electron chi connectivity index (χ4n) is 4.10. The lowest BCUT2D eigenvalue weighted by Crippen LogP contribution is -2.46. The summed E-state index contributed by atoms with van der Waals surface area (Å²) in [6.07, 6.45) is 7.60. The molecule has 9 heteroatoms. The van der Waals surface area contributed by atoms with Crippen LogP contribution in [-0.4, -0.2) is 46.0 Å². The van der Waals surface area contributed by atoms with Crippen LogP contribution in [0.3, 0.4) is 0 Å². The van der Waals surface area contributed by atoms with Crippen molar-refractivity contribution in [3.05, 3.63) is 83.4 Å². The molecule has 0 aromatic heterocycles. The molecule has 1 heterocycles.